The van der Waals surface area contributed by atoms with E-state index in [1.807, 2.05) is 31.2 Å². The summed E-state index contributed by atoms with van der Waals surface area (Å²) in [6.07, 6.45) is -0.739. The van der Waals surface area contributed by atoms with Gasteiger partial charge in [0.05, 0.1) is 10.6 Å². The van der Waals surface area contributed by atoms with Crippen molar-refractivity contribution in [3.8, 4) is 5.75 Å². The molecule has 0 aliphatic carbocycles. The normalized spacial score (nSPS) is 12.6. The Morgan fingerprint density at radius 3 is 2.09 bits per heavy atom. The van der Waals surface area contributed by atoms with Gasteiger partial charge in [-0.2, -0.15) is 0 Å². The average molecular weight is 501 g/mol. The third kappa shape index (κ3) is 6.52. The molecule has 0 unspecified atom stereocenters. The van der Waals surface area contributed by atoms with E-state index < -0.39 is 16.1 Å². The van der Waals surface area contributed by atoms with Crippen LogP contribution in [0.1, 0.15) is 38.8 Å². The van der Waals surface area contributed by atoms with E-state index in [4.69, 9.17) is 16.3 Å². The first-order chi connectivity index (χ1) is 15.8. The van der Waals surface area contributed by atoms with Gasteiger partial charge in [0.25, 0.3) is 15.9 Å². The van der Waals surface area contributed by atoms with E-state index in [1.165, 1.54) is 29.8 Å². The van der Waals surface area contributed by atoms with Crippen molar-refractivity contribution >= 4 is 38.9 Å². The molecule has 0 heterocycles. The van der Waals surface area contributed by atoms with Gasteiger partial charge in [-0.25, -0.2) is 8.42 Å². The summed E-state index contributed by atoms with van der Waals surface area (Å²) in [5.74, 6) is 0.252. The summed E-state index contributed by atoms with van der Waals surface area (Å²) in [6, 6.07) is 18.5. The minimum atomic E-state index is -3.81. The number of nitrogens with one attached hydrogen (secondary N) is 2. The van der Waals surface area contributed by atoms with Gasteiger partial charge in [-0.05, 0) is 78.9 Å². The maximum atomic E-state index is 12.7. The average Bonchev–Trinajstić information content (AvgIpc) is 2.76. The summed E-state index contributed by atoms with van der Waals surface area (Å²) in [4.78, 5) is 12.6. The number of carbonyl (C=O) groups is 1. The molecule has 3 rings (SSSR count). The molecule has 3 aromatic carbocycles. The molecule has 0 radical (unpaired) electrons. The Morgan fingerprint density at radius 2 is 1.53 bits per heavy atom. The van der Waals surface area contributed by atoms with Crippen LogP contribution < -0.4 is 14.8 Å². The van der Waals surface area contributed by atoms with Crippen molar-refractivity contribution in [2.45, 2.75) is 51.0 Å². The number of hydrogen-bond donors (Lipinski definition) is 2. The van der Waals surface area contributed by atoms with E-state index >= 15 is 0 Å². The summed E-state index contributed by atoms with van der Waals surface area (Å²) in [6.45, 7) is 9.88. The van der Waals surface area contributed by atoms with E-state index in [-0.39, 0.29) is 16.2 Å². The lowest BCUT2D eigenvalue weighted by Crippen LogP contribution is -2.30. The van der Waals surface area contributed by atoms with E-state index in [1.54, 1.807) is 25.1 Å². The van der Waals surface area contributed by atoms with Crippen LogP contribution in [-0.2, 0) is 20.2 Å². The lowest BCUT2D eigenvalue weighted by Gasteiger charge is -2.20. The number of sulfonamides is 1. The molecule has 0 aliphatic rings. The second-order valence-electron chi connectivity index (χ2n) is 9.12. The second kappa shape index (κ2) is 10.1. The first-order valence-electron chi connectivity index (χ1n) is 10.8. The Balaban J connectivity index is 1.61. The minimum Gasteiger partial charge on any atom is -0.481 e. The highest BCUT2D eigenvalue weighted by atomic mass is 35.5. The molecule has 6 nitrogen and oxygen atoms in total. The molecule has 0 aliphatic heterocycles. The monoisotopic (exact) mass is 500 g/mol. The Labute approximate surface area is 206 Å². The van der Waals surface area contributed by atoms with Crippen LogP contribution in [0.3, 0.4) is 0 Å². The van der Waals surface area contributed by atoms with Gasteiger partial charge in [0.1, 0.15) is 5.75 Å². The Bertz CT molecular complexity index is 1270. The number of rotatable bonds is 7. The zero-order valence-electron chi connectivity index (χ0n) is 19.8. The van der Waals surface area contributed by atoms with Crippen LogP contribution in [0.4, 0.5) is 11.4 Å². The molecular formula is C26H29ClN2O4S. The highest BCUT2D eigenvalue weighted by Gasteiger charge is 2.18. The Kier molecular flexibility index (Phi) is 7.58. The predicted octanol–water partition coefficient (Wildman–Crippen LogP) is 6.15. The molecule has 0 saturated carbocycles. The van der Waals surface area contributed by atoms with Gasteiger partial charge in [-0.3, -0.25) is 9.52 Å². The van der Waals surface area contributed by atoms with Crippen molar-refractivity contribution in [1.82, 2.24) is 0 Å². The van der Waals surface area contributed by atoms with Gasteiger partial charge in [0, 0.05) is 10.7 Å². The summed E-state index contributed by atoms with van der Waals surface area (Å²) >= 11 is 6.07. The first-order valence-corrected chi connectivity index (χ1v) is 12.7. The molecule has 8 heteroatoms. The van der Waals surface area contributed by atoms with E-state index in [0.29, 0.717) is 22.1 Å². The van der Waals surface area contributed by atoms with Crippen molar-refractivity contribution < 1.29 is 17.9 Å². The van der Waals surface area contributed by atoms with Crippen LogP contribution in [0.5, 0.6) is 5.75 Å². The summed E-state index contributed by atoms with van der Waals surface area (Å²) in [5, 5.41) is 3.22. The van der Waals surface area contributed by atoms with E-state index in [0.717, 1.165) is 5.56 Å². The minimum absolute atomic E-state index is 0.0316. The van der Waals surface area contributed by atoms with Gasteiger partial charge < -0.3 is 10.1 Å². The first kappa shape index (κ1) is 25.6. The van der Waals surface area contributed by atoms with Crippen LogP contribution >= 0.6 is 11.6 Å². The van der Waals surface area contributed by atoms with Gasteiger partial charge >= 0.3 is 0 Å². The zero-order valence-corrected chi connectivity index (χ0v) is 21.4. The zero-order chi connectivity index (χ0) is 25.1. The van der Waals surface area contributed by atoms with Gasteiger partial charge in [0.15, 0.2) is 6.10 Å². The van der Waals surface area contributed by atoms with Gasteiger partial charge in [-0.1, -0.05) is 50.6 Å². The highest BCUT2D eigenvalue weighted by Crippen LogP contribution is 2.25. The molecule has 0 spiro atoms. The van der Waals surface area contributed by atoms with Crippen molar-refractivity contribution in [2.75, 3.05) is 10.0 Å². The van der Waals surface area contributed by atoms with Crippen LogP contribution in [0.2, 0.25) is 5.02 Å². The van der Waals surface area contributed by atoms with Crippen molar-refractivity contribution in [3.05, 3.63) is 82.9 Å². The molecule has 1 amide bonds. The van der Waals surface area contributed by atoms with E-state index in [9.17, 15) is 13.2 Å². The molecular weight excluding hydrogens is 472 g/mol. The largest absolute Gasteiger partial charge is 0.481 e. The van der Waals surface area contributed by atoms with Crippen LogP contribution in [0, 0.1) is 6.92 Å². The SMILES string of the molecule is Cc1ccc(NS(=O)(=O)c2ccc(NC(=O)[C@@H](C)Oc3ccc(C(C)(C)C)cc3)cc2)cc1Cl. The summed E-state index contributed by atoms with van der Waals surface area (Å²) in [5.41, 5.74) is 2.89. The maximum Gasteiger partial charge on any atom is 0.265 e. The summed E-state index contributed by atoms with van der Waals surface area (Å²) < 4.78 is 33.6. The molecule has 0 saturated heterocycles. The smallest absolute Gasteiger partial charge is 0.265 e. The third-order valence-corrected chi connectivity index (χ3v) is 7.06. The number of ether oxygens (including phenoxy) is 1. The van der Waals surface area contributed by atoms with Crippen molar-refractivity contribution in [3.63, 3.8) is 0 Å². The quantitative estimate of drug-likeness (QED) is 0.407. The number of anilines is 2. The fourth-order valence-electron chi connectivity index (χ4n) is 3.12. The molecule has 2 N–H and O–H groups in total. The number of halogens is 1. The Morgan fingerprint density at radius 1 is 0.941 bits per heavy atom. The van der Waals surface area contributed by atoms with Crippen LogP contribution in [0.15, 0.2) is 71.6 Å². The maximum absolute atomic E-state index is 12.7. The number of benzene rings is 3. The van der Waals surface area contributed by atoms with Crippen LogP contribution in [-0.4, -0.2) is 20.4 Å². The van der Waals surface area contributed by atoms with Crippen molar-refractivity contribution in [2.24, 2.45) is 0 Å². The number of hydrogen-bond acceptors (Lipinski definition) is 4. The highest BCUT2D eigenvalue weighted by molar-refractivity contribution is 7.92. The molecule has 0 bridgehead atoms. The number of amides is 1. The lowest BCUT2D eigenvalue weighted by atomic mass is 9.87. The van der Waals surface area contributed by atoms with Crippen molar-refractivity contribution in [1.29, 1.82) is 0 Å². The number of carbonyl (C=O) groups excluding carboxylic acids is 1. The fraction of sp³-hybridized carbons (Fsp3) is 0.269. The second-order valence-corrected chi connectivity index (χ2v) is 11.2. The molecule has 0 aromatic heterocycles. The van der Waals surface area contributed by atoms with Gasteiger partial charge in [0.2, 0.25) is 0 Å². The Hall–Kier alpha value is -3.03. The third-order valence-electron chi connectivity index (χ3n) is 5.26. The topological polar surface area (TPSA) is 84.5 Å². The van der Waals surface area contributed by atoms with Crippen LogP contribution in [0.25, 0.3) is 0 Å². The summed E-state index contributed by atoms with van der Waals surface area (Å²) in [7, 11) is -3.81. The lowest BCUT2D eigenvalue weighted by molar-refractivity contribution is -0.122. The molecule has 1 atom stereocenters. The number of aryl methyl sites for hydroxylation is 1. The molecule has 3 aromatic rings. The van der Waals surface area contributed by atoms with E-state index in [2.05, 4.69) is 30.8 Å². The fourth-order valence-corrected chi connectivity index (χ4v) is 4.35. The molecule has 34 heavy (non-hydrogen) atoms. The predicted molar refractivity (Wildman–Crippen MR) is 137 cm³/mol. The molecule has 180 valence electrons. The standard InChI is InChI=1S/C26H29ClN2O4S/c1-17-6-9-21(16-24(17)27)29-34(31,32)23-14-10-20(11-15-23)28-25(30)18(2)33-22-12-7-19(8-13-22)26(3,4)5/h6-16,18,29H,1-5H3,(H,28,30)/t18-/m1/s1. The molecule has 0 fully saturated rings. The van der Waals surface area contributed by atoms with Gasteiger partial charge in [-0.15, -0.1) is 0 Å².